The van der Waals surface area contributed by atoms with Gasteiger partial charge in [0, 0.05) is 28.3 Å². The molecule has 1 aliphatic rings. The van der Waals surface area contributed by atoms with E-state index in [-0.39, 0.29) is 17.0 Å². The van der Waals surface area contributed by atoms with Crippen LogP contribution in [0, 0.1) is 5.82 Å². The SMILES string of the molecule is C[C@H](Sc1nnc(Cc2cccs2)n1C1CC1)C(=O)Nc1nc(-c2ccc(F)cc2)cs1. The van der Waals surface area contributed by atoms with Gasteiger partial charge < -0.3 is 9.88 Å². The summed E-state index contributed by atoms with van der Waals surface area (Å²) in [5.41, 5.74) is 1.51. The van der Waals surface area contributed by atoms with E-state index in [1.807, 2.05) is 18.4 Å². The van der Waals surface area contributed by atoms with Gasteiger partial charge >= 0.3 is 0 Å². The molecular weight excluding hydrogens is 465 g/mol. The van der Waals surface area contributed by atoms with Gasteiger partial charge in [-0.15, -0.1) is 32.9 Å². The van der Waals surface area contributed by atoms with E-state index in [2.05, 4.69) is 36.5 Å². The zero-order valence-electron chi connectivity index (χ0n) is 17.2. The van der Waals surface area contributed by atoms with Crippen LogP contribution < -0.4 is 5.32 Å². The minimum absolute atomic E-state index is 0.139. The number of hydrogen-bond acceptors (Lipinski definition) is 7. The first-order chi connectivity index (χ1) is 15.6. The molecule has 1 fully saturated rings. The molecule has 164 valence electrons. The Morgan fingerprint density at radius 1 is 1.25 bits per heavy atom. The fraction of sp³-hybridized carbons (Fsp3) is 0.273. The number of carbonyl (C=O) groups excluding carboxylic acids is 1. The third kappa shape index (κ3) is 4.77. The number of anilines is 1. The highest BCUT2D eigenvalue weighted by atomic mass is 32.2. The number of thiazole rings is 1. The van der Waals surface area contributed by atoms with Crippen molar-refractivity contribution in [2.45, 2.75) is 42.6 Å². The van der Waals surface area contributed by atoms with E-state index in [1.54, 1.807) is 23.5 Å². The molecule has 3 heterocycles. The predicted molar refractivity (Wildman–Crippen MR) is 127 cm³/mol. The fourth-order valence-electron chi connectivity index (χ4n) is 3.28. The van der Waals surface area contributed by atoms with Crippen LogP contribution in [0.15, 0.2) is 52.3 Å². The number of amides is 1. The Morgan fingerprint density at radius 2 is 2.06 bits per heavy atom. The molecule has 1 N–H and O–H groups in total. The van der Waals surface area contributed by atoms with Gasteiger partial charge in [0.15, 0.2) is 10.3 Å². The average molecular weight is 486 g/mol. The molecule has 6 nitrogen and oxygen atoms in total. The molecule has 5 rings (SSSR count). The lowest BCUT2D eigenvalue weighted by molar-refractivity contribution is -0.115. The van der Waals surface area contributed by atoms with Crippen LogP contribution in [-0.4, -0.2) is 30.9 Å². The summed E-state index contributed by atoms with van der Waals surface area (Å²) in [6.07, 6.45) is 3.00. The topological polar surface area (TPSA) is 72.7 Å². The molecule has 1 saturated carbocycles. The standard InChI is InChI=1S/C22H20FN5OS3/c1-13(20(29)25-21-24-18(12-31-21)14-4-6-15(23)7-5-14)32-22-27-26-19(28(22)16-8-9-16)11-17-3-2-10-30-17/h2-7,10,12-13,16H,8-9,11H2,1H3,(H,24,25,29)/t13-/m0/s1. The van der Waals surface area contributed by atoms with Crippen LogP contribution in [-0.2, 0) is 11.2 Å². The van der Waals surface area contributed by atoms with Gasteiger partial charge in [-0.3, -0.25) is 4.79 Å². The molecule has 4 aromatic rings. The van der Waals surface area contributed by atoms with E-state index in [0.717, 1.165) is 35.8 Å². The van der Waals surface area contributed by atoms with Crippen molar-refractivity contribution in [2.24, 2.45) is 0 Å². The quantitative estimate of drug-likeness (QED) is 0.327. The highest BCUT2D eigenvalue weighted by molar-refractivity contribution is 8.00. The van der Waals surface area contributed by atoms with Crippen LogP contribution in [0.1, 0.15) is 36.5 Å². The summed E-state index contributed by atoms with van der Waals surface area (Å²) in [4.78, 5) is 18.5. The van der Waals surface area contributed by atoms with Crippen molar-refractivity contribution in [1.82, 2.24) is 19.7 Å². The van der Waals surface area contributed by atoms with Gasteiger partial charge in [-0.25, -0.2) is 9.37 Å². The number of nitrogens with zero attached hydrogens (tertiary/aromatic N) is 4. The van der Waals surface area contributed by atoms with Crippen molar-refractivity contribution in [1.29, 1.82) is 0 Å². The second kappa shape index (κ2) is 9.13. The summed E-state index contributed by atoms with van der Waals surface area (Å²) in [7, 11) is 0. The van der Waals surface area contributed by atoms with E-state index in [1.165, 1.54) is 40.1 Å². The molecule has 1 aliphatic carbocycles. The Morgan fingerprint density at radius 3 is 2.78 bits per heavy atom. The van der Waals surface area contributed by atoms with Crippen molar-refractivity contribution in [2.75, 3.05) is 5.32 Å². The van der Waals surface area contributed by atoms with E-state index in [4.69, 9.17) is 0 Å². The summed E-state index contributed by atoms with van der Waals surface area (Å²) in [6.45, 7) is 1.86. The summed E-state index contributed by atoms with van der Waals surface area (Å²) in [5, 5.41) is 16.6. The number of hydrogen-bond donors (Lipinski definition) is 1. The summed E-state index contributed by atoms with van der Waals surface area (Å²) in [6, 6.07) is 10.7. The molecule has 0 radical (unpaired) electrons. The lowest BCUT2D eigenvalue weighted by Crippen LogP contribution is -2.23. The van der Waals surface area contributed by atoms with Gasteiger partial charge in [0.05, 0.1) is 10.9 Å². The Kier molecular flexibility index (Phi) is 6.07. The Labute approximate surface area is 196 Å². The molecule has 3 aromatic heterocycles. The van der Waals surface area contributed by atoms with Gasteiger partial charge in [0.2, 0.25) is 5.91 Å². The zero-order chi connectivity index (χ0) is 22.1. The van der Waals surface area contributed by atoms with Crippen LogP contribution in [0.3, 0.4) is 0 Å². The molecule has 1 amide bonds. The van der Waals surface area contributed by atoms with E-state index in [0.29, 0.717) is 16.9 Å². The number of halogens is 1. The molecule has 32 heavy (non-hydrogen) atoms. The molecule has 0 aliphatic heterocycles. The first-order valence-electron chi connectivity index (χ1n) is 10.2. The Bertz CT molecular complexity index is 1210. The summed E-state index contributed by atoms with van der Waals surface area (Å²) >= 11 is 4.48. The number of nitrogens with one attached hydrogen (secondary N) is 1. The van der Waals surface area contributed by atoms with E-state index >= 15 is 0 Å². The second-order valence-electron chi connectivity index (χ2n) is 7.55. The van der Waals surface area contributed by atoms with Gasteiger partial charge in [0.25, 0.3) is 0 Å². The second-order valence-corrected chi connectivity index (χ2v) is 10.7. The molecule has 0 spiro atoms. The maximum absolute atomic E-state index is 13.1. The molecule has 10 heteroatoms. The van der Waals surface area contributed by atoms with Crippen LogP contribution in [0.5, 0.6) is 0 Å². The largest absolute Gasteiger partial charge is 0.303 e. The monoisotopic (exact) mass is 485 g/mol. The molecule has 0 saturated heterocycles. The molecule has 1 atom stereocenters. The van der Waals surface area contributed by atoms with Crippen LogP contribution in [0.2, 0.25) is 0 Å². The van der Waals surface area contributed by atoms with Gasteiger partial charge in [-0.2, -0.15) is 0 Å². The number of aromatic nitrogens is 4. The maximum Gasteiger partial charge on any atom is 0.239 e. The van der Waals surface area contributed by atoms with Crippen LogP contribution in [0.4, 0.5) is 9.52 Å². The minimum Gasteiger partial charge on any atom is -0.303 e. The van der Waals surface area contributed by atoms with Crippen LogP contribution in [0.25, 0.3) is 11.3 Å². The normalized spacial score (nSPS) is 14.4. The third-order valence-corrected chi connectivity index (χ3v) is 7.78. The van der Waals surface area contributed by atoms with Crippen molar-refractivity contribution >= 4 is 45.5 Å². The molecular formula is C22H20FN5OS3. The highest BCUT2D eigenvalue weighted by Crippen LogP contribution is 2.40. The van der Waals surface area contributed by atoms with Gasteiger partial charge in [0.1, 0.15) is 11.6 Å². The molecule has 1 aromatic carbocycles. The number of carbonyl (C=O) groups is 1. The van der Waals surface area contributed by atoms with Crippen molar-refractivity contribution in [3.8, 4) is 11.3 Å². The molecule has 0 bridgehead atoms. The minimum atomic E-state index is -0.357. The number of thiophene rings is 1. The Hall–Kier alpha value is -2.56. The average Bonchev–Trinajstić information content (AvgIpc) is 3.15. The third-order valence-electron chi connectivity index (χ3n) is 5.09. The lowest BCUT2D eigenvalue weighted by atomic mass is 10.2. The van der Waals surface area contributed by atoms with Crippen molar-refractivity contribution in [3.63, 3.8) is 0 Å². The predicted octanol–water partition coefficient (Wildman–Crippen LogP) is 5.65. The summed E-state index contributed by atoms with van der Waals surface area (Å²) < 4.78 is 15.3. The highest BCUT2D eigenvalue weighted by Gasteiger charge is 2.31. The zero-order valence-corrected chi connectivity index (χ0v) is 19.6. The smallest absolute Gasteiger partial charge is 0.239 e. The lowest BCUT2D eigenvalue weighted by Gasteiger charge is -2.12. The van der Waals surface area contributed by atoms with Gasteiger partial charge in [-0.05, 0) is 55.5 Å². The number of benzene rings is 1. The van der Waals surface area contributed by atoms with Crippen molar-refractivity contribution < 1.29 is 9.18 Å². The number of thioether (sulfide) groups is 1. The maximum atomic E-state index is 13.1. The molecule has 0 unspecified atom stereocenters. The fourth-order valence-corrected chi connectivity index (χ4v) is 5.64. The van der Waals surface area contributed by atoms with E-state index < -0.39 is 0 Å². The number of rotatable bonds is 8. The first kappa shape index (κ1) is 21.3. The van der Waals surface area contributed by atoms with E-state index in [9.17, 15) is 9.18 Å². The Balaban J connectivity index is 1.25. The summed E-state index contributed by atoms with van der Waals surface area (Å²) in [5.74, 6) is 0.523. The van der Waals surface area contributed by atoms with Crippen LogP contribution >= 0.6 is 34.4 Å². The van der Waals surface area contributed by atoms with Crippen molar-refractivity contribution in [3.05, 3.63) is 63.7 Å². The first-order valence-corrected chi connectivity index (χ1v) is 12.9. The van der Waals surface area contributed by atoms with Gasteiger partial charge in [-0.1, -0.05) is 17.8 Å².